The Balaban J connectivity index is 1.53. The fourth-order valence-electron chi connectivity index (χ4n) is 3.56. The number of ether oxygens (including phenoxy) is 2. The number of benzene rings is 1. The highest BCUT2D eigenvalue weighted by atomic mass is 16.5. The van der Waals surface area contributed by atoms with Crippen LogP contribution >= 0.6 is 0 Å². The Morgan fingerprint density at radius 1 is 1.36 bits per heavy atom. The lowest BCUT2D eigenvalue weighted by Gasteiger charge is -2.29. The highest BCUT2D eigenvalue weighted by Gasteiger charge is 2.25. The first-order chi connectivity index (χ1) is 13.4. The molecule has 28 heavy (non-hydrogen) atoms. The van der Waals surface area contributed by atoms with Crippen LogP contribution in [0.1, 0.15) is 49.6 Å². The molecule has 0 aliphatic heterocycles. The van der Waals surface area contributed by atoms with Crippen LogP contribution in [0.15, 0.2) is 28.7 Å². The van der Waals surface area contributed by atoms with Crippen molar-refractivity contribution in [3.8, 4) is 11.5 Å². The van der Waals surface area contributed by atoms with Gasteiger partial charge in [-0.1, -0.05) is 24.1 Å². The van der Waals surface area contributed by atoms with E-state index in [2.05, 4.69) is 11.1 Å². The van der Waals surface area contributed by atoms with Crippen molar-refractivity contribution < 1.29 is 23.8 Å². The molecule has 152 valence electrons. The van der Waals surface area contributed by atoms with Gasteiger partial charge in [-0.15, -0.1) is 0 Å². The number of nitrogens with zero attached hydrogens (tertiary/aromatic N) is 1. The number of aromatic nitrogens is 1. The van der Waals surface area contributed by atoms with Crippen LogP contribution in [-0.4, -0.2) is 34.9 Å². The van der Waals surface area contributed by atoms with Crippen LogP contribution in [0.5, 0.6) is 0 Å². The SMILES string of the molecule is Cc1cccc(-c2nc(COC3CCCC(COC(C)C(=O)O)C3)c(C)o2)c1. The second-order valence-electron chi connectivity index (χ2n) is 7.67. The van der Waals surface area contributed by atoms with Gasteiger partial charge in [-0.2, -0.15) is 0 Å². The minimum absolute atomic E-state index is 0.140. The number of aryl methyl sites for hydroxylation is 2. The lowest BCUT2D eigenvalue weighted by molar-refractivity contribution is -0.150. The zero-order valence-corrected chi connectivity index (χ0v) is 16.8. The van der Waals surface area contributed by atoms with E-state index in [1.165, 1.54) is 5.56 Å². The van der Waals surface area contributed by atoms with Crippen molar-refractivity contribution in [1.82, 2.24) is 4.98 Å². The fraction of sp³-hybridized carbons (Fsp3) is 0.545. The predicted molar refractivity (Wildman–Crippen MR) is 105 cm³/mol. The summed E-state index contributed by atoms with van der Waals surface area (Å²) in [5.41, 5.74) is 2.96. The molecule has 0 spiro atoms. The lowest BCUT2D eigenvalue weighted by atomic mass is 9.87. The lowest BCUT2D eigenvalue weighted by Crippen LogP contribution is -2.29. The predicted octanol–water partition coefficient (Wildman–Crippen LogP) is 4.52. The van der Waals surface area contributed by atoms with E-state index < -0.39 is 12.1 Å². The summed E-state index contributed by atoms with van der Waals surface area (Å²) in [4.78, 5) is 15.5. The Labute approximate surface area is 165 Å². The number of aliphatic carboxylic acids is 1. The summed E-state index contributed by atoms with van der Waals surface area (Å²) in [6, 6.07) is 8.09. The zero-order valence-electron chi connectivity index (χ0n) is 16.8. The van der Waals surface area contributed by atoms with Crippen molar-refractivity contribution in [3.63, 3.8) is 0 Å². The number of carboxylic acid groups (broad SMARTS) is 1. The van der Waals surface area contributed by atoms with Gasteiger partial charge in [0, 0.05) is 5.56 Å². The molecule has 0 saturated heterocycles. The van der Waals surface area contributed by atoms with Gasteiger partial charge in [-0.25, -0.2) is 9.78 Å². The number of carbonyl (C=O) groups is 1. The molecule has 0 radical (unpaired) electrons. The Bertz CT molecular complexity index is 800. The topological polar surface area (TPSA) is 81.8 Å². The first-order valence-electron chi connectivity index (χ1n) is 9.91. The highest BCUT2D eigenvalue weighted by Crippen LogP contribution is 2.29. The van der Waals surface area contributed by atoms with Crippen LogP contribution in [0, 0.1) is 19.8 Å². The van der Waals surface area contributed by atoms with Crippen LogP contribution in [0.3, 0.4) is 0 Å². The molecule has 1 heterocycles. The number of oxazole rings is 1. The molecule has 1 saturated carbocycles. The molecule has 3 unspecified atom stereocenters. The van der Waals surface area contributed by atoms with E-state index in [1.807, 2.05) is 32.0 Å². The first kappa shape index (κ1) is 20.6. The van der Waals surface area contributed by atoms with Crippen LogP contribution in [0.4, 0.5) is 0 Å². The average molecular weight is 387 g/mol. The van der Waals surface area contributed by atoms with Crippen molar-refractivity contribution in [2.75, 3.05) is 6.61 Å². The molecule has 1 aromatic heterocycles. The van der Waals surface area contributed by atoms with Crippen LogP contribution in [-0.2, 0) is 20.9 Å². The number of hydrogen-bond acceptors (Lipinski definition) is 5. The molecule has 1 aliphatic rings. The first-order valence-corrected chi connectivity index (χ1v) is 9.91. The van der Waals surface area contributed by atoms with Gasteiger partial charge in [0.15, 0.2) is 6.10 Å². The number of carboxylic acids is 1. The van der Waals surface area contributed by atoms with Crippen molar-refractivity contribution in [2.24, 2.45) is 5.92 Å². The van der Waals surface area contributed by atoms with Crippen LogP contribution in [0.2, 0.25) is 0 Å². The van der Waals surface area contributed by atoms with Gasteiger partial charge in [0.05, 0.1) is 19.3 Å². The number of rotatable bonds is 8. The zero-order chi connectivity index (χ0) is 20.1. The summed E-state index contributed by atoms with van der Waals surface area (Å²) >= 11 is 0. The molecule has 0 bridgehead atoms. The monoisotopic (exact) mass is 387 g/mol. The van der Waals surface area contributed by atoms with E-state index >= 15 is 0 Å². The molecule has 1 N–H and O–H groups in total. The minimum atomic E-state index is -0.922. The summed E-state index contributed by atoms with van der Waals surface area (Å²) in [6.07, 6.45) is 3.37. The van der Waals surface area contributed by atoms with Gasteiger partial charge in [-0.05, 0) is 58.1 Å². The molecule has 3 atom stereocenters. The molecule has 2 aromatic rings. The van der Waals surface area contributed by atoms with E-state index in [-0.39, 0.29) is 6.10 Å². The summed E-state index contributed by atoms with van der Waals surface area (Å²) in [5.74, 6) is 0.816. The van der Waals surface area contributed by atoms with Gasteiger partial charge in [0.1, 0.15) is 11.5 Å². The number of hydrogen-bond donors (Lipinski definition) is 1. The van der Waals surface area contributed by atoms with Gasteiger partial charge in [0.25, 0.3) is 0 Å². The quantitative estimate of drug-likeness (QED) is 0.717. The summed E-state index contributed by atoms with van der Waals surface area (Å²) in [7, 11) is 0. The maximum Gasteiger partial charge on any atom is 0.332 e. The third kappa shape index (κ3) is 5.42. The summed E-state index contributed by atoms with van der Waals surface area (Å²) in [6.45, 7) is 6.41. The van der Waals surface area contributed by atoms with Crippen molar-refractivity contribution in [2.45, 2.75) is 65.3 Å². The molecule has 1 aromatic carbocycles. The van der Waals surface area contributed by atoms with E-state index in [4.69, 9.17) is 19.0 Å². The normalized spacial score (nSPS) is 20.8. The minimum Gasteiger partial charge on any atom is -0.479 e. The van der Waals surface area contributed by atoms with E-state index in [0.29, 0.717) is 25.0 Å². The molecule has 0 amide bonds. The highest BCUT2D eigenvalue weighted by molar-refractivity contribution is 5.71. The van der Waals surface area contributed by atoms with Gasteiger partial charge < -0.3 is 19.0 Å². The van der Waals surface area contributed by atoms with E-state index in [0.717, 1.165) is 42.7 Å². The molecule has 1 aliphatic carbocycles. The van der Waals surface area contributed by atoms with Crippen LogP contribution < -0.4 is 0 Å². The summed E-state index contributed by atoms with van der Waals surface area (Å²) < 4.78 is 17.4. The Morgan fingerprint density at radius 2 is 2.18 bits per heavy atom. The standard InChI is InChI=1S/C22H29NO5/c1-14-6-4-8-18(10-14)21-23-20(15(2)28-21)13-27-19-9-5-7-17(11-19)12-26-16(3)22(24)25/h4,6,8,10,16-17,19H,5,7,9,11-13H2,1-3H3,(H,24,25). The third-order valence-corrected chi connectivity index (χ3v) is 5.28. The molecule has 3 rings (SSSR count). The Kier molecular flexibility index (Phi) is 6.86. The molecule has 1 fully saturated rings. The molecule has 6 nitrogen and oxygen atoms in total. The van der Waals surface area contributed by atoms with Crippen LogP contribution in [0.25, 0.3) is 11.5 Å². The molecule has 6 heteroatoms. The maximum absolute atomic E-state index is 10.9. The fourth-order valence-corrected chi connectivity index (χ4v) is 3.56. The Hall–Kier alpha value is -2.18. The smallest absolute Gasteiger partial charge is 0.332 e. The van der Waals surface area contributed by atoms with Gasteiger partial charge in [-0.3, -0.25) is 0 Å². The second-order valence-corrected chi connectivity index (χ2v) is 7.67. The largest absolute Gasteiger partial charge is 0.479 e. The van der Waals surface area contributed by atoms with E-state index in [1.54, 1.807) is 6.92 Å². The maximum atomic E-state index is 10.9. The van der Waals surface area contributed by atoms with E-state index in [9.17, 15) is 4.79 Å². The summed E-state index contributed by atoms with van der Waals surface area (Å²) in [5, 5.41) is 8.93. The average Bonchev–Trinajstić information content (AvgIpc) is 3.05. The second kappa shape index (κ2) is 9.34. The van der Waals surface area contributed by atoms with Crippen molar-refractivity contribution in [3.05, 3.63) is 41.3 Å². The van der Waals surface area contributed by atoms with Crippen molar-refractivity contribution >= 4 is 5.97 Å². The molecular weight excluding hydrogens is 358 g/mol. The Morgan fingerprint density at radius 3 is 2.93 bits per heavy atom. The van der Waals surface area contributed by atoms with Crippen molar-refractivity contribution in [1.29, 1.82) is 0 Å². The third-order valence-electron chi connectivity index (χ3n) is 5.28. The van der Waals surface area contributed by atoms with Gasteiger partial charge in [0.2, 0.25) is 5.89 Å². The van der Waals surface area contributed by atoms with Gasteiger partial charge >= 0.3 is 5.97 Å². The molecular formula is C22H29NO5.